The summed E-state index contributed by atoms with van der Waals surface area (Å²) in [6, 6.07) is 1.38. The lowest BCUT2D eigenvalue weighted by molar-refractivity contribution is -0.386. The molecule has 80 valence electrons. The molecule has 0 radical (unpaired) electrons. The fraction of sp³-hybridized carbons (Fsp3) is 0.375. The summed E-state index contributed by atoms with van der Waals surface area (Å²) in [4.78, 5) is 13.7. The molecule has 1 aromatic heterocycles. The van der Waals surface area contributed by atoms with Crippen molar-refractivity contribution in [3.05, 3.63) is 28.1 Å². The van der Waals surface area contributed by atoms with Gasteiger partial charge >= 0.3 is 5.69 Å². The van der Waals surface area contributed by atoms with Crippen molar-refractivity contribution in [2.45, 2.75) is 19.5 Å². The van der Waals surface area contributed by atoms with Gasteiger partial charge in [0.15, 0.2) is 6.29 Å². The van der Waals surface area contributed by atoms with Crippen LogP contribution in [0.25, 0.3) is 0 Å². The highest BCUT2D eigenvalue weighted by atomic mass is 16.9. The van der Waals surface area contributed by atoms with Crippen LogP contribution in [0.3, 0.4) is 0 Å². The van der Waals surface area contributed by atoms with Crippen molar-refractivity contribution >= 4 is 11.4 Å². The van der Waals surface area contributed by atoms with E-state index in [2.05, 4.69) is 4.98 Å². The second-order valence-corrected chi connectivity index (χ2v) is 3.10. The first-order valence-corrected chi connectivity index (χ1v) is 4.28. The van der Waals surface area contributed by atoms with Crippen LogP contribution in [0.15, 0.2) is 12.3 Å². The first-order chi connectivity index (χ1) is 7.08. The minimum absolute atomic E-state index is 0.0525. The molecule has 0 atom stereocenters. The van der Waals surface area contributed by atoms with Crippen molar-refractivity contribution < 1.29 is 14.4 Å². The van der Waals surface area contributed by atoms with Gasteiger partial charge in [-0.2, -0.15) is 0 Å². The van der Waals surface area contributed by atoms with Gasteiger partial charge in [-0.15, -0.1) is 0 Å². The van der Waals surface area contributed by atoms with E-state index in [1.54, 1.807) is 6.92 Å². The molecule has 0 unspecified atom stereocenters. The zero-order valence-corrected chi connectivity index (χ0v) is 7.91. The number of hydrogen-bond acceptors (Lipinski definition) is 6. The first-order valence-electron chi connectivity index (χ1n) is 4.28. The summed E-state index contributed by atoms with van der Waals surface area (Å²) in [6.07, 6.45) is 0.261. The van der Waals surface area contributed by atoms with Gasteiger partial charge in [0.2, 0.25) is 6.29 Å². The van der Waals surface area contributed by atoms with Crippen molar-refractivity contribution in [1.29, 1.82) is 0 Å². The number of hydrogen-bond donors (Lipinski definition) is 1. The number of nitrogens with zero attached hydrogens (tertiary/aromatic N) is 2. The van der Waals surface area contributed by atoms with E-state index in [1.165, 1.54) is 6.07 Å². The SMILES string of the molecule is CC1OC(c2cc(N)c([N+](=O)[O-])cn2)O1. The minimum Gasteiger partial charge on any atom is -0.393 e. The topological polar surface area (TPSA) is 101 Å². The molecule has 2 heterocycles. The maximum absolute atomic E-state index is 10.5. The monoisotopic (exact) mass is 211 g/mol. The number of rotatable bonds is 2. The summed E-state index contributed by atoms with van der Waals surface area (Å²) < 4.78 is 10.3. The van der Waals surface area contributed by atoms with Crippen molar-refractivity contribution in [3.63, 3.8) is 0 Å². The molecular formula is C8H9N3O4. The first kappa shape index (κ1) is 9.81. The van der Waals surface area contributed by atoms with E-state index in [9.17, 15) is 10.1 Å². The fourth-order valence-electron chi connectivity index (χ4n) is 1.26. The van der Waals surface area contributed by atoms with Gasteiger partial charge in [-0.25, -0.2) is 4.98 Å². The minimum atomic E-state index is -0.586. The Morgan fingerprint density at radius 1 is 1.60 bits per heavy atom. The summed E-state index contributed by atoms with van der Waals surface area (Å²) in [6.45, 7) is 1.74. The molecule has 1 saturated heterocycles. The molecule has 1 fully saturated rings. The molecule has 0 aliphatic carbocycles. The number of ether oxygens (including phenoxy) is 2. The summed E-state index contributed by atoms with van der Waals surface area (Å²) in [7, 11) is 0. The molecule has 7 nitrogen and oxygen atoms in total. The molecular weight excluding hydrogens is 202 g/mol. The third kappa shape index (κ3) is 1.74. The Bertz CT molecular complexity index is 403. The Kier molecular flexibility index (Phi) is 2.25. The lowest BCUT2D eigenvalue weighted by atomic mass is 10.2. The molecule has 2 N–H and O–H groups in total. The predicted molar refractivity (Wildman–Crippen MR) is 49.7 cm³/mol. The van der Waals surface area contributed by atoms with Gasteiger partial charge < -0.3 is 15.2 Å². The van der Waals surface area contributed by atoms with Gasteiger partial charge in [0.1, 0.15) is 11.9 Å². The number of nitro groups is 1. The van der Waals surface area contributed by atoms with Gasteiger partial charge in [0.05, 0.1) is 10.6 Å². The zero-order chi connectivity index (χ0) is 11.0. The molecule has 1 aliphatic rings. The third-order valence-corrected chi connectivity index (χ3v) is 2.00. The van der Waals surface area contributed by atoms with Crippen molar-refractivity contribution in [1.82, 2.24) is 4.98 Å². The standard InChI is InChI=1S/C8H9N3O4/c1-4-14-8(15-4)6-2-5(9)7(3-10-6)11(12)13/h2-4,8H,1H3,(H2,9,10). The van der Waals surface area contributed by atoms with Crippen molar-refractivity contribution in [2.24, 2.45) is 0 Å². The van der Waals surface area contributed by atoms with Crippen LogP contribution in [0, 0.1) is 10.1 Å². The van der Waals surface area contributed by atoms with E-state index >= 15 is 0 Å². The van der Waals surface area contributed by atoms with Gasteiger partial charge in [-0.3, -0.25) is 10.1 Å². The number of anilines is 1. The molecule has 7 heteroatoms. The zero-order valence-electron chi connectivity index (χ0n) is 7.91. The van der Waals surface area contributed by atoms with Crippen LogP contribution < -0.4 is 5.73 Å². The van der Waals surface area contributed by atoms with E-state index in [-0.39, 0.29) is 17.7 Å². The van der Waals surface area contributed by atoms with Gasteiger partial charge in [-0.05, 0) is 13.0 Å². The lowest BCUT2D eigenvalue weighted by Gasteiger charge is -2.32. The maximum Gasteiger partial charge on any atom is 0.310 e. The molecule has 0 saturated carbocycles. The summed E-state index contributed by atoms with van der Waals surface area (Å²) in [5.74, 6) is 0. The third-order valence-electron chi connectivity index (χ3n) is 2.00. The Balaban J connectivity index is 2.22. The average Bonchev–Trinajstić information content (AvgIpc) is 2.12. The Morgan fingerprint density at radius 3 is 2.73 bits per heavy atom. The Hall–Kier alpha value is -1.73. The van der Waals surface area contributed by atoms with Crippen LogP contribution in [-0.2, 0) is 9.47 Å². The van der Waals surface area contributed by atoms with E-state index in [0.717, 1.165) is 6.20 Å². The number of nitrogen functional groups attached to an aromatic ring is 1. The van der Waals surface area contributed by atoms with Gasteiger partial charge in [-0.1, -0.05) is 0 Å². The van der Waals surface area contributed by atoms with Crippen molar-refractivity contribution in [2.75, 3.05) is 5.73 Å². The summed E-state index contributed by atoms with van der Waals surface area (Å²) in [5.41, 5.74) is 5.76. The van der Waals surface area contributed by atoms with Crippen LogP contribution in [-0.4, -0.2) is 16.2 Å². The molecule has 15 heavy (non-hydrogen) atoms. The van der Waals surface area contributed by atoms with Crippen LogP contribution in [0.1, 0.15) is 18.9 Å². The highest BCUT2D eigenvalue weighted by molar-refractivity contribution is 5.57. The second kappa shape index (κ2) is 3.44. The normalized spacial score (nSPS) is 24.6. The lowest BCUT2D eigenvalue weighted by Crippen LogP contribution is -2.32. The number of aromatic nitrogens is 1. The molecule has 1 aliphatic heterocycles. The molecule has 0 spiro atoms. The van der Waals surface area contributed by atoms with Gasteiger partial charge in [0.25, 0.3) is 0 Å². The fourth-order valence-corrected chi connectivity index (χ4v) is 1.26. The smallest absolute Gasteiger partial charge is 0.310 e. The molecule has 0 bridgehead atoms. The van der Waals surface area contributed by atoms with E-state index in [0.29, 0.717) is 5.69 Å². The van der Waals surface area contributed by atoms with Crippen LogP contribution >= 0.6 is 0 Å². The summed E-state index contributed by atoms with van der Waals surface area (Å²) in [5, 5.41) is 10.5. The highest BCUT2D eigenvalue weighted by Gasteiger charge is 2.30. The van der Waals surface area contributed by atoms with E-state index < -0.39 is 11.2 Å². The van der Waals surface area contributed by atoms with E-state index in [4.69, 9.17) is 15.2 Å². The Morgan fingerprint density at radius 2 is 2.27 bits per heavy atom. The number of nitrogens with two attached hydrogens (primary N) is 1. The van der Waals surface area contributed by atoms with E-state index in [1.807, 2.05) is 0 Å². The number of pyridine rings is 1. The van der Waals surface area contributed by atoms with Crippen LogP contribution in [0.2, 0.25) is 0 Å². The van der Waals surface area contributed by atoms with Crippen molar-refractivity contribution in [3.8, 4) is 0 Å². The molecule has 0 aromatic carbocycles. The average molecular weight is 211 g/mol. The maximum atomic E-state index is 10.5. The van der Waals surface area contributed by atoms with Crippen LogP contribution in [0.5, 0.6) is 0 Å². The quantitative estimate of drug-likeness (QED) is 0.577. The molecule has 2 rings (SSSR count). The predicted octanol–water partition coefficient (Wildman–Crippen LogP) is 0.963. The Labute approximate surface area is 85.0 Å². The summed E-state index contributed by atoms with van der Waals surface area (Å²) >= 11 is 0. The largest absolute Gasteiger partial charge is 0.393 e. The molecule has 1 aromatic rings. The highest BCUT2D eigenvalue weighted by Crippen LogP contribution is 2.32. The second-order valence-electron chi connectivity index (χ2n) is 3.10. The van der Waals surface area contributed by atoms with Gasteiger partial charge in [0, 0.05) is 0 Å². The molecule has 0 amide bonds. The van der Waals surface area contributed by atoms with Crippen LogP contribution in [0.4, 0.5) is 11.4 Å².